The largest absolute Gasteiger partial charge is 0.493 e. The smallest absolute Gasteiger partial charge is 0.261 e. The molecule has 6 heteroatoms. The lowest BCUT2D eigenvalue weighted by Gasteiger charge is -2.13. The molecule has 1 aromatic rings. The Morgan fingerprint density at radius 2 is 2.12 bits per heavy atom. The monoisotopic (exact) mass is 350 g/mol. The highest BCUT2D eigenvalue weighted by molar-refractivity contribution is 6.32. The molecule has 0 fully saturated rings. The van der Waals surface area contributed by atoms with E-state index < -0.39 is 5.91 Å². The van der Waals surface area contributed by atoms with E-state index in [2.05, 4.69) is 5.32 Å². The van der Waals surface area contributed by atoms with Gasteiger partial charge in [0.15, 0.2) is 11.5 Å². The van der Waals surface area contributed by atoms with Crippen molar-refractivity contribution in [1.29, 1.82) is 5.26 Å². The molecule has 0 aromatic heterocycles. The van der Waals surface area contributed by atoms with Gasteiger partial charge < -0.3 is 14.8 Å². The van der Waals surface area contributed by atoms with E-state index in [0.717, 1.165) is 19.3 Å². The molecule has 0 spiro atoms. The zero-order chi connectivity index (χ0) is 17.9. The van der Waals surface area contributed by atoms with E-state index in [1.807, 2.05) is 19.9 Å². The summed E-state index contributed by atoms with van der Waals surface area (Å²) in [5.41, 5.74) is 0.620. The molecule has 0 aliphatic rings. The lowest BCUT2D eigenvalue weighted by atomic mass is 10.1. The van der Waals surface area contributed by atoms with Crippen LogP contribution in [0.15, 0.2) is 17.7 Å². The highest BCUT2D eigenvalue weighted by Gasteiger charge is 2.13. The number of nitrogens with zero attached hydrogens (tertiary/aromatic N) is 1. The summed E-state index contributed by atoms with van der Waals surface area (Å²) < 4.78 is 10.9. The van der Waals surface area contributed by atoms with Crippen molar-refractivity contribution < 1.29 is 14.3 Å². The maximum absolute atomic E-state index is 12.0. The Bertz CT molecular complexity index is 636. The van der Waals surface area contributed by atoms with Gasteiger partial charge in [0.05, 0.1) is 18.7 Å². The Morgan fingerprint density at radius 3 is 2.71 bits per heavy atom. The van der Waals surface area contributed by atoms with Crippen LogP contribution in [0.25, 0.3) is 6.08 Å². The normalized spacial score (nSPS) is 10.9. The second-order valence-corrected chi connectivity index (χ2v) is 5.57. The molecule has 0 aliphatic heterocycles. The number of carbonyl (C=O) groups excluding carboxylic acids is 1. The molecule has 5 nitrogen and oxygen atoms in total. The predicted octanol–water partition coefficient (Wildman–Crippen LogP) is 3.96. The number of carbonyl (C=O) groups is 1. The van der Waals surface area contributed by atoms with Crippen LogP contribution in [-0.2, 0) is 4.79 Å². The van der Waals surface area contributed by atoms with Gasteiger partial charge in [0.1, 0.15) is 11.6 Å². The number of hydrogen-bond donors (Lipinski definition) is 1. The molecule has 1 amide bonds. The first-order chi connectivity index (χ1) is 11.6. The van der Waals surface area contributed by atoms with Gasteiger partial charge in [-0.15, -0.1) is 0 Å². The first-order valence-electron chi connectivity index (χ1n) is 7.97. The fourth-order valence-corrected chi connectivity index (χ4v) is 2.23. The molecule has 1 rings (SSSR count). The number of amides is 1. The number of unbranched alkanes of at least 4 members (excludes halogenated alkanes) is 1. The van der Waals surface area contributed by atoms with Crippen molar-refractivity contribution in [2.24, 2.45) is 0 Å². The van der Waals surface area contributed by atoms with E-state index >= 15 is 0 Å². The molecule has 0 saturated carbocycles. The lowest BCUT2D eigenvalue weighted by molar-refractivity contribution is -0.117. The summed E-state index contributed by atoms with van der Waals surface area (Å²) in [7, 11) is 1.51. The average Bonchev–Trinajstić information content (AvgIpc) is 2.58. The lowest BCUT2D eigenvalue weighted by Crippen LogP contribution is -2.25. The first kappa shape index (κ1) is 19.9. The van der Waals surface area contributed by atoms with Gasteiger partial charge in [0.25, 0.3) is 5.91 Å². The molecule has 0 unspecified atom stereocenters. The standard InChI is InChI=1S/C18H23ClN2O3/c1-4-6-7-21-18(22)14(12-20)9-13-10-15(19)17(24-8-5-2)16(11-13)23-3/h9-11H,4-8H2,1-3H3,(H,21,22)/b14-9+. The SMILES string of the molecule is CCCCNC(=O)/C(C#N)=C/c1cc(Cl)c(OCCC)c(OC)c1. The van der Waals surface area contributed by atoms with Crippen molar-refractivity contribution in [2.45, 2.75) is 33.1 Å². The topological polar surface area (TPSA) is 71.4 Å². The van der Waals surface area contributed by atoms with E-state index in [4.69, 9.17) is 21.1 Å². The third-order valence-corrected chi connectivity index (χ3v) is 3.48. The van der Waals surface area contributed by atoms with E-state index in [9.17, 15) is 10.1 Å². The maximum atomic E-state index is 12.0. The maximum Gasteiger partial charge on any atom is 0.261 e. The van der Waals surface area contributed by atoms with Gasteiger partial charge in [-0.2, -0.15) is 5.26 Å². The molecule has 0 heterocycles. The zero-order valence-electron chi connectivity index (χ0n) is 14.3. The summed E-state index contributed by atoms with van der Waals surface area (Å²) in [4.78, 5) is 12.0. The van der Waals surface area contributed by atoms with Crippen molar-refractivity contribution in [3.8, 4) is 17.6 Å². The number of benzene rings is 1. The van der Waals surface area contributed by atoms with Crippen LogP contribution >= 0.6 is 11.6 Å². The zero-order valence-corrected chi connectivity index (χ0v) is 15.1. The van der Waals surface area contributed by atoms with E-state index in [0.29, 0.717) is 35.2 Å². The second-order valence-electron chi connectivity index (χ2n) is 5.16. The Labute approximate surface area is 148 Å². The Hall–Kier alpha value is -2.19. The van der Waals surface area contributed by atoms with Crippen molar-refractivity contribution in [3.63, 3.8) is 0 Å². The quantitative estimate of drug-likeness (QED) is 0.415. The summed E-state index contributed by atoms with van der Waals surface area (Å²) in [6.45, 7) is 5.09. The van der Waals surface area contributed by atoms with Gasteiger partial charge in [0, 0.05) is 6.54 Å². The van der Waals surface area contributed by atoms with Crippen molar-refractivity contribution >= 4 is 23.6 Å². The van der Waals surface area contributed by atoms with Gasteiger partial charge in [-0.3, -0.25) is 4.79 Å². The fourth-order valence-electron chi connectivity index (χ4n) is 1.96. The van der Waals surface area contributed by atoms with Crippen LogP contribution in [0.2, 0.25) is 5.02 Å². The summed E-state index contributed by atoms with van der Waals surface area (Å²) >= 11 is 6.24. The molecule has 0 atom stereocenters. The van der Waals surface area contributed by atoms with Crippen LogP contribution in [-0.4, -0.2) is 26.2 Å². The number of halogens is 1. The van der Waals surface area contributed by atoms with Gasteiger partial charge >= 0.3 is 0 Å². The van der Waals surface area contributed by atoms with Crippen LogP contribution in [0.1, 0.15) is 38.7 Å². The molecule has 1 N–H and O–H groups in total. The number of rotatable bonds is 9. The van der Waals surface area contributed by atoms with Crippen LogP contribution < -0.4 is 14.8 Å². The predicted molar refractivity (Wildman–Crippen MR) is 95.3 cm³/mol. The van der Waals surface area contributed by atoms with Gasteiger partial charge in [-0.25, -0.2) is 0 Å². The third kappa shape index (κ3) is 5.78. The summed E-state index contributed by atoms with van der Waals surface area (Å²) in [5.74, 6) is 0.530. The second kappa shape index (κ2) is 10.6. The van der Waals surface area contributed by atoms with Crippen LogP contribution in [0.4, 0.5) is 0 Å². The van der Waals surface area contributed by atoms with Crippen LogP contribution in [0.3, 0.4) is 0 Å². The molecule has 0 radical (unpaired) electrons. The van der Waals surface area contributed by atoms with Gasteiger partial charge in [0.2, 0.25) is 0 Å². The Kier molecular flexibility index (Phi) is 8.74. The third-order valence-electron chi connectivity index (χ3n) is 3.19. The highest BCUT2D eigenvalue weighted by Crippen LogP contribution is 2.37. The number of methoxy groups -OCH3 is 1. The number of nitrogens with one attached hydrogen (secondary N) is 1. The van der Waals surface area contributed by atoms with Crippen LogP contribution in [0.5, 0.6) is 11.5 Å². The Morgan fingerprint density at radius 1 is 1.38 bits per heavy atom. The van der Waals surface area contributed by atoms with E-state index in [1.54, 1.807) is 12.1 Å². The number of nitriles is 1. The fraction of sp³-hybridized carbons (Fsp3) is 0.444. The molecule has 0 bridgehead atoms. The molecule has 0 saturated heterocycles. The molecular formula is C18H23ClN2O3. The summed E-state index contributed by atoms with van der Waals surface area (Å²) in [6.07, 6.45) is 4.17. The van der Waals surface area contributed by atoms with Gasteiger partial charge in [-0.05, 0) is 36.6 Å². The molecule has 1 aromatic carbocycles. The number of ether oxygens (including phenoxy) is 2. The van der Waals surface area contributed by atoms with Crippen LogP contribution in [0, 0.1) is 11.3 Å². The average molecular weight is 351 g/mol. The molecule has 130 valence electrons. The summed E-state index contributed by atoms with van der Waals surface area (Å²) in [6, 6.07) is 5.25. The highest BCUT2D eigenvalue weighted by atomic mass is 35.5. The molecule has 24 heavy (non-hydrogen) atoms. The summed E-state index contributed by atoms with van der Waals surface area (Å²) in [5, 5.41) is 12.3. The van der Waals surface area contributed by atoms with Gasteiger partial charge in [-0.1, -0.05) is 31.9 Å². The molecule has 0 aliphatic carbocycles. The Balaban J connectivity index is 3.05. The van der Waals surface area contributed by atoms with E-state index in [1.165, 1.54) is 13.2 Å². The van der Waals surface area contributed by atoms with Crippen molar-refractivity contribution in [3.05, 3.63) is 28.3 Å². The minimum atomic E-state index is -0.396. The first-order valence-corrected chi connectivity index (χ1v) is 8.35. The minimum absolute atomic E-state index is 0.0199. The van der Waals surface area contributed by atoms with Crippen molar-refractivity contribution in [1.82, 2.24) is 5.32 Å². The minimum Gasteiger partial charge on any atom is -0.493 e. The van der Waals surface area contributed by atoms with E-state index in [-0.39, 0.29) is 5.57 Å². The number of hydrogen-bond acceptors (Lipinski definition) is 4. The molecular weight excluding hydrogens is 328 g/mol. The van der Waals surface area contributed by atoms with Crippen molar-refractivity contribution in [2.75, 3.05) is 20.3 Å².